The largest absolute Gasteiger partial charge is 0.388 e. The van der Waals surface area contributed by atoms with Gasteiger partial charge in [0.2, 0.25) is 15.9 Å². The molecule has 0 spiro atoms. The maximum absolute atomic E-state index is 12.5. The molecule has 1 aliphatic heterocycles. The number of sulfonamides is 1. The van der Waals surface area contributed by atoms with Crippen molar-refractivity contribution < 1.29 is 13.2 Å². The van der Waals surface area contributed by atoms with Crippen molar-refractivity contribution in [1.82, 2.24) is 9.29 Å². The molecule has 108 valence electrons. The van der Waals surface area contributed by atoms with Gasteiger partial charge in [-0.1, -0.05) is 12.2 Å². The van der Waals surface area contributed by atoms with Crippen LogP contribution in [0.4, 0.5) is 0 Å². The first-order valence-corrected chi connectivity index (χ1v) is 7.73. The first-order valence-electron chi connectivity index (χ1n) is 5.88. The molecule has 0 radical (unpaired) electrons. The van der Waals surface area contributed by atoms with Gasteiger partial charge in [-0.3, -0.25) is 9.78 Å². The summed E-state index contributed by atoms with van der Waals surface area (Å²) in [6.45, 7) is 0.310. The SMILES string of the molecule is NC(=O)C1CCN(S(=O)(=O)c2cccnc2C(N)=S)C1. The predicted octanol–water partition coefficient (Wildman–Crippen LogP) is -0.788. The molecular weight excluding hydrogens is 300 g/mol. The van der Waals surface area contributed by atoms with Gasteiger partial charge in [0, 0.05) is 19.3 Å². The molecule has 1 saturated heterocycles. The maximum Gasteiger partial charge on any atom is 0.245 e. The van der Waals surface area contributed by atoms with Gasteiger partial charge < -0.3 is 11.5 Å². The topological polar surface area (TPSA) is 119 Å². The molecule has 2 rings (SSSR count). The number of nitrogens with zero attached hydrogens (tertiary/aromatic N) is 2. The minimum atomic E-state index is -3.79. The highest BCUT2D eigenvalue weighted by atomic mass is 32.2. The van der Waals surface area contributed by atoms with E-state index in [2.05, 4.69) is 4.98 Å². The second-order valence-electron chi connectivity index (χ2n) is 4.47. The summed E-state index contributed by atoms with van der Waals surface area (Å²) >= 11 is 4.82. The number of hydrogen-bond donors (Lipinski definition) is 2. The van der Waals surface area contributed by atoms with Gasteiger partial charge in [0.1, 0.15) is 15.6 Å². The third-order valence-electron chi connectivity index (χ3n) is 3.18. The smallest absolute Gasteiger partial charge is 0.245 e. The number of hydrogen-bond acceptors (Lipinski definition) is 5. The number of amides is 1. The number of primary amides is 1. The Kier molecular flexibility index (Phi) is 4.02. The van der Waals surface area contributed by atoms with E-state index >= 15 is 0 Å². The first kappa shape index (κ1) is 14.8. The van der Waals surface area contributed by atoms with Crippen LogP contribution in [0.3, 0.4) is 0 Å². The lowest BCUT2D eigenvalue weighted by molar-refractivity contribution is -0.121. The van der Waals surface area contributed by atoms with Crippen LogP contribution in [0.5, 0.6) is 0 Å². The molecule has 1 aliphatic rings. The zero-order chi connectivity index (χ0) is 14.9. The zero-order valence-electron chi connectivity index (χ0n) is 10.5. The molecule has 0 aromatic carbocycles. The molecule has 9 heteroatoms. The average Bonchev–Trinajstić information content (AvgIpc) is 2.89. The van der Waals surface area contributed by atoms with Gasteiger partial charge in [-0.2, -0.15) is 4.31 Å². The highest BCUT2D eigenvalue weighted by Crippen LogP contribution is 2.25. The fourth-order valence-electron chi connectivity index (χ4n) is 2.10. The first-order chi connectivity index (χ1) is 9.34. The fourth-order valence-corrected chi connectivity index (χ4v) is 3.99. The molecule has 1 atom stereocenters. The summed E-state index contributed by atoms with van der Waals surface area (Å²) in [6, 6.07) is 2.89. The van der Waals surface area contributed by atoms with Crippen LogP contribution < -0.4 is 11.5 Å². The van der Waals surface area contributed by atoms with Crippen LogP contribution in [0.1, 0.15) is 12.1 Å². The molecule has 1 fully saturated rings. The molecule has 1 unspecified atom stereocenters. The molecule has 7 nitrogen and oxygen atoms in total. The van der Waals surface area contributed by atoms with Crippen molar-refractivity contribution in [2.45, 2.75) is 11.3 Å². The molecule has 1 aromatic heterocycles. The molecule has 1 aromatic rings. The quantitative estimate of drug-likeness (QED) is 0.703. The molecule has 0 saturated carbocycles. The van der Waals surface area contributed by atoms with Gasteiger partial charge in [0.25, 0.3) is 0 Å². The number of carbonyl (C=O) groups is 1. The molecule has 1 amide bonds. The Hall–Kier alpha value is -1.58. The van der Waals surface area contributed by atoms with Crippen LogP contribution in [0, 0.1) is 5.92 Å². The van der Waals surface area contributed by atoms with Crippen LogP contribution in [0.25, 0.3) is 0 Å². The van der Waals surface area contributed by atoms with E-state index in [9.17, 15) is 13.2 Å². The molecule has 20 heavy (non-hydrogen) atoms. The third-order valence-corrected chi connectivity index (χ3v) is 5.27. The Bertz CT molecular complexity index is 659. The van der Waals surface area contributed by atoms with Crippen molar-refractivity contribution >= 4 is 33.1 Å². The summed E-state index contributed by atoms with van der Waals surface area (Å²) in [5.74, 6) is -0.960. The number of nitrogens with two attached hydrogens (primary N) is 2. The monoisotopic (exact) mass is 314 g/mol. The summed E-state index contributed by atoms with van der Waals surface area (Å²) in [4.78, 5) is 14.9. The van der Waals surface area contributed by atoms with Crippen LogP contribution in [-0.2, 0) is 14.8 Å². The second kappa shape index (κ2) is 5.43. The molecule has 0 bridgehead atoms. The van der Waals surface area contributed by atoms with Crippen LogP contribution in [0.15, 0.2) is 23.2 Å². The van der Waals surface area contributed by atoms with Crippen molar-refractivity contribution in [3.05, 3.63) is 24.0 Å². The van der Waals surface area contributed by atoms with E-state index in [1.54, 1.807) is 0 Å². The van der Waals surface area contributed by atoms with E-state index in [0.717, 1.165) is 0 Å². The second-order valence-corrected chi connectivity index (χ2v) is 6.81. The van der Waals surface area contributed by atoms with Crippen LogP contribution >= 0.6 is 12.2 Å². The molecule has 2 heterocycles. The summed E-state index contributed by atoms with van der Waals surface area (Å²) in [7, 11) is -3.79. The Balaban J connectivity index is 2.37. The summed E-state index contributed by atoms with van der Waals surface area (Å²) < 4.78 is 26.3. The standard InChI is InChI=1S/C11H14N4O3S2/c12-10(16)7-3-5-15(6-7)20(17,18)8-2-1-4-14-9(8)11(13)19/h1-2,4,7H,3,5-6H2,(H2,12,16)(H2,13,19). The molecular formula is C11H14N4O3S2. The van der Waals surface area contributed by atoms with Gasteiger partial charge in [-0.05, 0) is 18.6 Å². The lowest BCUT2D eigenvalue weighted by atomic mass is 10.1. The normalized spacial score (nSPS) is 19.9. The Labute approximate surface area is 122 Å². The van der Waals surface area contributed by atoms with Crippen molar-refractivity contribution in [2.24, 2.45) is 17.4 Å². The summed E-state index contributed by atoms with van der Waals surface area (Å²) in [5.41, 5.74) is 10.8. The third kappa shape index (κ3) is 2.65. The molecule has 4 N–H and O–H groups in total. The van der Waals surface area contributed by atoms with Crippen molar-refractivity contribution in [2.75, 3.05) is 13.1 Å². The van der Waals surface area contributed by atoms with Gasteiger partial charge in [-0.25, -0.2) is 8.42 Å². The number of pyridine rings is 1. The van der Waals surface area contributed by atoms with Crippen molar-refractivity contribution in [3.8, 4) is 0 Å². The Morgan fingerprint density at radius 2 is 2.15 bits per heavy atom. The van der Waals surface area contributed by atoms with Gasteiger partial charge in [-0.15, -0.1) is 0 Å². The van der Waals surface area contributed by atoms with Gasteiger partial charge in [0.05, 0.1) is 5.92 Å². The number of carbonyl (C=O) groups excluding carboxylic acids is 1. The van der Waals surface area contributed by atoms with E-state index in [0.29, 0.717) is 6.42 Å². The number of thiocarbonyl (C=S) groups is 1. The van der Waals surface area contributed by atoms with E-state index in [1.807, 2.05) is 0 Å². The highest BCUT2D eigenvalue weighted by Gasteiger charge is 2.36. The average molecular weight is 314 g/mol. The fraction of sp³-hybridized carbons (Fsp3) is 0.364. The maximum atomic E-state index is 12.5. The Morgan fingerprint density at radius 3 is 2.70 bits per heavy atom. The zero-order valence-corrected chi connectivity index (χ0v) is 12.2. The van der Waals surface area contributed by atoms with Gasteiger partial charge >= 0.3 is 0 Å². The lowest BCUT2D eigenvalue weighted by Crippen LogP contribution is -2.33. The minimum Gasteiger partial charge on any atom is -0.388 e. The van der Waals surface area contributed by atoms with E-state index in [-0.39, 0.29) is 28.7 Å². The minimum absolute atomic E-state index is 0.0439. The van der Waals surface area contributed by atoms with E-state index in [4.69, 9.17) is 23.7 Å². The van der Waals surface area contributed by atoms with Crippen LogP contribution in [-0.4, -0.2) is 41.7 Å². The van der Waals surface area contributed by atoms with Crippen molar-refractivity contribution in [3.63, 3.8) is 0 Å². The van der Waals surface area contributed by atoms with Crippen molar-refractivity contribution in [1.29, 1.82) is 0 Å². The highest BCUT2D eigenvalue weighted by molar-refractivity contribution is 7.89. The molecule has 0 aliphatic carbocycles. The van der Waals surface area contributed by atoms with Gasteiger partial charge in [0.15, 0.2) is 0 Å². The lowest BCUT2D eigenvalue weighted by Gasteiger charge is -2.17. The van der Waals surface area contributed by atoms with E-state index < -0.39 is 21.8 Å². The summed E-state index contributed by atoms with van der Waals surface area (Å²) in [6.07, 6.45) is 1.83. The number of rotatable bonds is 4. The number of aromatic nitrogens is 1. The Morgan fingerprint density at radius 1 is 1.45 bits per heavy atom. The summed E-state index contributed by atoms with van der Waals surface area (Å²) in [5, 5.41) is 0. The predicted molar refractivity (Wildman–Crippen MR) is 76.2 cm³/mol. The van der Waals surface area contributed by atoms with E-state index in [1.165, 1.54) is 22.6 Å². The van der Waals surface area contributed by atoms with Crippen LogP contribution in [0.2, 0.25) is 0 Å².